The number of carboxylic acids is 1. The molecule has 5 heteroatoms. The first-order chi connectivity index (χ1) is 7.68. The van der Waals surface area contributed by atoms with Gasteiger partial charge in [-0.1, -0.05) is 0 Å². The van der Waals surface area contributed by atoms with Crippen LogP contribution in [0.2, 0.25) is 0 Å². The van der Waals surface area contributed by atoms with E-state index in [4.69, 9.17) is 5.11 Å². The fraction of sp³-hybridized carbons (Fsp3) is 0.545. The number of aliphatic carboxylic acids is 1. The first kappa shape index (κ1) is 12.6. The van der Waals surface area contributed by atoms with Crippen molar-refractivity contribution >= 4 is 5.97 Å². The number of unbranched alkanes of at least 4 members (excludes halogenated alkanes) is 1. The van der Waals surface area contributed by atoms with Crippen LogP contribution in [0, 0.1) is 6.92 Å². The predicted octanol–water partition coefficient (Wildman–Crippen LogP) is 1.13. The molecule has 0 aliphatic carbocycles. The van der Waals surface area contributed by atoms with Crippen molar-refractivity contribution in [2.75, 3.05) is 6.54 Å². The Kier molecular flexibility index (Phi) is 5.42. The topological polar surface area (TPSA) is 75.1 Å². The third-order valence-electron chi connectivity index (χ3n) is 2.13. The molecule has 0 aliphatic heterocycles. The molecule has 16 heavy (non-hydrogen) atoms. The maximum Gasteiger partial charge on any atom is 0.303 e. The van der Waals surface area contributed by atoms with Crippen molar-refractivity contribution in [2.24, 2.45) is 0 Å². The van der Waals surface area contributed by atoms with E-state index in [1.807, 2.05) is 13.0 Å². The van der Waals surface area contributed by atoms with Gasteiger partial charge in [-0.3, -0.25) is 4.79 Å². The van der Waals surface area contributed by atoms with Crippen LogP contribution in [-0.2, 0) is 11.3 Å². The van der Waals surface area contributed by atoms with Crippen LogP contribution in [0.1, 0.15) is 30.8 Å². The second-order valence-electron chi connectivity index (χ2n) is 3.62. The Hall–Kier alpha value is -1.49. The number of carboxylic acid groups (broad SMARTS) is 1. The standard InChI is InChI=1S/C11H17N3O2/c1-9-13-7-5-10(14-9)8-12-6-3-2-4-11(15)16/h5,7,12H,2-4,6,8H2,1H3,(H,15,16). The Morgan fingerprint density at radius 2 is 2.31 bits per heavy atom. The Morgan fingerprint density at radius 3 is 3.00 bits per heavy atom. The van der Waals surface area contributed by atoms with Crippen molar-refractivity contribution in [1.29, 1.82) is 0 Å². The lowest BCUT2D eigenvalue weighted by atomic mass is 10.2. The third-order valence-corrected chi connectivity index (χ3v) is 2.13. The van der Waals surface area contributed by atoms with Crippen LogP contribution in [0.5, 0.6) is 0 Å². The van der Waals surface area contributed by atoms with Crippen LogP contribution in [-0.4, -0.2) is 27.6 Å². The summed E-state index contributed by atoms with van der Waals surface area (Å²) in [6, 6.07) is 1.87. The molecule has 0 radical (unpaired) electrons. The molecule has 0 aliphatic rings. The first-order valence-electron chi connectivity index (χ1n) is 5.39. The zero-order chi connectivity index (χ0) is 11.8. The molecule has 88 valence electrons. The maximum absolute atomic E-state index is 10.3. The highest BCUT2D eigenvalue weighted by molar-refractivity contribution is 5.66. The fourth-order valence-electron chi connectivity index (χ4n) is 1.35. The molecule has 0 unspecified atom stereocenters. The van der Waals surface area contributed by atoms with Crippen molar-refractivity contribution in [2.45, 2.75) is 32.7 Å². The molecule has 0 amide bonds. The molecule has 0 atom stereocenters. The summed E-state index contributed by atoms with van der Waals surface area (Å²) in [5.41, 5.74) is 0.964. The monoisotopic (exact) mass is 223 g/mol. The van der Waals surface area contributed by atoms with Gasteiger partial charge in [-0.15, -0.1) is 0 Å². The van der Waals surface area contributed by atoms with E-state index < -0.39 is 5.97 Å². The highest BCUT2D eigenvalue weighted by atomic mass is 16.4. The number of aromatic nitrogens is 2. The third kappa shape index (κ3) is 5.41. The van der Waals surface area contributed by atoms with Crippen molar-refractivity contribution < 1.29 is 9.90 Å². The van der Waals surface area contributed by atoms with Gasteiger partial charge in [0.25, 0.3) is 0 Å². The Bertz CT molecular complexity index is 342. The lowest BCUT2D eigenvalue weighted by molar-refractivity contribution is -0.137. The Balaban J connectivity index is 2.09. The van der Waals surface area contributed by atoms with Gasteiger partial charge >= 0.3 is 5.97 Å². The molecule has 0 fully saturated rings. The van der Waals surface area contributed by atoms with Crippen LogP contribution in [0.4, 0.5) is 0 Å². The predicted molar refractivity (Wildman–Crippen MR) is 60.0 cm³/mol. The minimum atomic E-state index is -0.730. The summed E-state index contributed by atoms with van der Waals surface area (Å²) in [5, 5.41) is 11.7. The smallest absolute Gasteiger partial charge is 0.303 e. The molecule has 0 aromatic carbocycles. The van der Waals surface area contributed by atoms with Gasteiger partial charge in [-0.05, 0) is 32.4 Å². The lowest BCUT2D eigenvalue weighted by Gasteiger charge is -2.03. The largest absolute Gasteiger partial charge is 0.481 e. The summed E-state index contributed by atoms with van der Waals surface area (Å²) in [4.78, 5) is 18.5. The zero-order valence-corrected chi connectivity index (χ0v) is 9.44. The molecule has 0 saturated heterocycles. The summed E-state index contributed by atoms with van der Waals surface area (Å²) in [5.74, 6) is 0.0385. The Labute approximate surface area is 94.9 Å². The highest BCUT2D eigenvalue weighted by Crippen LogP contribution is 1.96. The van der Waals surface area contributed by atoms with E-state index in [0.29, 0.717) is 13.0 Å². The quantitative estimate of drug-likeness (QED) is 0.678. The van der Waals surface area contributed by atoms with E-state index in [1.54, 1.807) is 6.20 Å². The van der Waals surface area contributed by atoms with Crippen molar-refractivity contribution in [3.05, 3.63) is 23.8 Å². The zero-order valence-electron chi connectivity index (χ0n) is 9.44. The number of nitrogens with one attached hydrogen (secondary N) is 1. The van der Waals surface area contributed by atoms with Crippen molar-refractivity contribution in [3.63, 3.8) is 0 Å². The van der Waals surface area contributed by atoms with Crippen LogP contribution in [0.25, 0.3) is 0 Å². The molecule has 0 bridgehead atoms. The lowest BCUT2D eigenvalue weighted by Crippen LogP contribution is -2.16. The number of aryl methyl sites for hydroxylation is 1. The van der Waals surface area contributed by atoms with Gasteiger partial charge in [0, 0.05) is 19.2 Å². The van der Waals surface area contributed by atoms with Gasteiger partial charge in [-0.25, -0.2) is 9.97 Å². The van der Waals surface area contributed by atoms with Gasteiger partial charge in [0.05, 0.1) is 5.69 Å². The van der Waals surface area contributed by atoms with E-state index in [0.717, 1.165) is 24.5 Å². The minimum Gasteiger partial charge on any atom is -0.481 e. The van der Waals surface area contributed by atoms with Crippen molar-refractivity contribution in [3.8, 4) is 0 Å². The summed E-state index contributed by atoms with van der Waals surface area (Å²) in [7, 11) is 0. The maximum atomic E-state index is 10.3. The summed E-state index contributed by atoms with van der Waals surface area (Å²) in [6.07, 6.45) is 3.57. The van der Waals surface area contributed by atoms with E-state index in [-0.39, 0.29) is 6.42 Å². The van der Waals surface area contributed by atoms with Crippen LogP contribution >= 0.6 is 0 Å². The van der Waals surface area contributed by atoms with Gasteiger partial charge in [0.15, 0.2) is 0 Å². The fourth-order valence-corrected chi connectivity index (χ4v) is 1.35. The molecular formula is C11H17N3O2. The van der Waals surface area contributed by atoms with Gasteiger partial charge < -0.3 is 10.4 Å². The highest BCUT2D eigenvalue weighted by Gasteiger charge is 1.97. The SMILES string of the molecule is Cc1nccc(CNCCCCC(=O)O)n1. The van der Waals surface area contributed by atoms with E-state index in [9.17, 15) is 4.79 Å². The molecule has 2 N–H and O–H groups in total. The molecule has 1 aromatic heterocycles. The van der Waals surface area contributed by atoms with E-state index in [2.05, 4.69) is 15.3 Å². The molecule has 0 spiro atoms. The van der Waals surface area contributed by atoms with E-state index in [1.165, 1.54) is 0 Å². The number of nitrogens with zero attached hydrogens (tertiary/aromatic N) is 2. The average Bonchev–Trinajstić information content (AvgIpc) is 2.23. The second-order valence-corrected chi connectivity index (χ2v) is 3.62. The van der Waals surface area contributed by atoms with Crippen LogP contribution in [0.3, 0.4) is 0 Å². The Morgan fingerprint density at radius 1 is 1.50 bits per heavy atom. The summed E-state index contributed by atoms with van der Waals surface area (Å²) >= 11 is 0. The number of rotatable bonds is 7. The van der Waals surface area contributed by atoms with Crippen LogP contribution < -0.4 is 5.32 Å². The van der Waals surface area contributed by atoms with Gasteiger partial charge in [0.1, 0.15) is 5.82 Å². The van der Waals surface area contributed by atoms with E-state index >= 15 is 0 Å². The number of carbonyl (C=O) groups is 1. The van der Waals surface area contributed by atoms with Crippen molar-refractivity contribution in [1.82, 2.24) is 15.3 Å². The average molecular weight is 223 g/mol. The van der Waals surface area contributed by atoms with Gasteiger partial charge in [-0.2, -0.15) is 0 Å². The number of hydrogen-bond acceptors (Lipinski definition) is 4. The normalized spacial score (nSPS) is 10.3. The molecule has 5 nitrogen and oxygen atoms in total. The number of hydrogen-bond donors (Lipinski definition) is 2. The molecule has 1 rings (SSSR count). The molecule has 1 aromatic rings. The second kappa shape index (κ2) is 6.90. The molecule has 1 heterocycles. The minimum absolute atomic E-state index is 0.244. The molecule has 0 saturated carbocycles. The summed E-state index contributed by atoms with van der Waals surface area (Å²) < 4.78 is 0. The van der Waals surface area contributed by atoms with Gasteiger partial charge in [0.2, 0.25) is 0 Å². The first-order valence-corrected chi connectivity index (χ1v) is 5.39. The van der Waals surface area contributed by atoms with Crippen LogP contribution in [0.15, 0.2) is 12.3 Å². The summed E-state index contributed by atoms with van der Waals surface area (Å²) in [6.45, 7) is 3.38. The molecular weight excluding hydrogens is 206 g/mol.